The van der Waals surface area contributed by atoms with Crippen molar-refractivity contribution in [2.24, 2.45) is 0 Å². The average Bonchev–Trinajstić information content (AvgIpc) is 2.35. The van der Waals surface area contributed by atoms with Gasteiger partial charge in [0.1, 0.15) is 4.90 Å². The Hall–Kier alpha value is -1.33. The zero-order valence-electron chi connectivity index (χ0n) is 10.8. The van der Waals surface area contributed by atoms with Crippen LogP contribution >= 0.6 is 0 Å². The molecule has 0 aliphatic rings. The van der Waals surface area contributed by atoms with Crippen LogP contribution in [0.25, 0.3) is 0 Å². The summed E-state index contributed by atoms with van der Waals surface area (Å²) < 4.78 is 26.5. The number of allylic oxidation sites excluding steroid dienone is 1. The third-order valence-electron chi connectivity index (χ3n) is 2.37. The summed E-state index contributed by atoms with van der Waals surface area (Å²) in [7, 11) is -3.41. The van der Waals surface area contributed by atoms with E-state index in [-0.39, 0.29) is 0 Å². The molecule has 1 rings (SSSR count). The lowest BCUT2D eigenvalue weighted by molar-refractivity contribution is 0.584. The third kappa shape index (κ3) is 4.16. The van der Waals surface area contributed by atoms with E-state index in [0.29, 0.717) is 23.7 Å². The smallest absolute Gasteiger partial charge is 0.242 e. The summed E-state index contributed by atoms with van der Waals surface area (Å²) in [6, 6.07) is 6.93. The minimum absolute atomic E-state index is 0.298. The Morgan fingerprint density at radius 3 is 2.67 bits per heavy atom. The number of hydrogen-bond donors (Lipinski definition) is 2. The lowest BCUT2D eigenvalue weighted by atomic mass is 10.3. The van der Waals surface area contributed by atoms with Crippen molar-refractivity contribution in [3.8, 4) is 0 Å². The maximum atomic E-state index is 12.0. The Morgan fingerprint density at radius 2 is 2.00 bits per heavy atom. The molecular weight excluding hydrogens is 248 g/mol. The molecule has 100 valence electrons. The molecule has 0 radical (unpaired) electrons. The molecule has 0 amide bonds. The van der Waals surface area contributed by atoms with Gasteiger partial charge in [0, 0.05) is 13.1 Å². The lowest BCUT2D eigenvalue weighted by Gasteiger charge is -2.11. The van der Waals surface area contributed by atoms with Crippen LogP contribution in [0.4, 0.5) is 5.69 Å². The van der Waals surface area contributed by atoms with Gasteiger partial charge in [0.2, 0.25) is 10.0 Å². The van der Waals surface area contributed by atoms with Crippen LogP contribution in [0.5, 0.6) is 0 Å². The van der Waals surface area contributed by atoms with E-state index >= 15 is 0 Å². The minimum Gasteiger partial charge on any atom is -0.384 e. The summed E-state index contributed by atoms with van der Waals surface area (Å²) in [5.74, 6) is 0. The van der Waals surface area contributed by atoms with Gasteiger partial charge in [-0.3, -0.25) is 0 Å². The van der Waals surface area contributed by atoms with Crippen LogP contribution in [0.1, 0.15) is 20.3 Å². The van der Waals surface area contributed by atoms with E-state index < -0.39 is 10.0 Å². The van der Waals surface area contributed by atoms with Gasteiger partial charge in [0.25, 0.3) is 0 Å². The van der Waals surface area contributed by atoms with Gasteiger partial charge < -0.3 is 5.32 Å². The van der Waals surface area contributed by atoms with E-state index in [0.717, 1.165) is 6.42 Å². The van der Waals surface area contributed by atoms with E-state index in [1.54, 1.807) is 25.1 Å². The van der Waals surface area contributed by atoms with Crippen molar-refractivity contribution in [1.29, 1.82) is 0 Å². The molecule has 5 heteroatoms. The van der Waals surface area contributed by atoms with Crippen LogP contribution in [-0.4, -0.2) is 21.5 Å². The zero-order chi connectivity index (χ0) is 13.4. The Kier molecular flexibility index (Phi) is 5.88. The topological polar surface area (TPSA) is 58.2 Å². The highest BCUT2D eigenvalue weighted by molar-refractivity contribution is 7.89. The summed E-state index contributed by atoms with van der Waals surface area (Å²) in [5.41, 5.74) is 0.642. The van der Waals surface area contributed by atoms with Gasteiger partial charge in [0.15, 0.2) is 0 Å². The molecule has 0 saturated carbocycles. The molecule has 18 heavy (non-hydrogen) atoms. The lowest BCUT2D eigenvalue weighted by Crippen LogP contribution is -2.24. The molecule has 0 spiro atoms. The van der Waals surface area contributed by atoms with E-state index in [1.807, 2.05) is 25.1 Å². The molecule has 0 fully saturated rings. The van der Waals surface area contributed by atoms with E-state index in [1.165, 1.54) is 0 Å². The number of nitrogens with one attached hydrogen (secondary N) is 2. The second-order valence-corrected chi connectivity index (χ2v) is 5.52. The summed E-state index contributed by atoms with van der Waals surface area (Å²) in [6.07, 6.45) is 4.88. The van der Waals surface area contributed by atoms with Crippen molar-refractivity contribution in [2.75, 3.05) is 18.4 Å². The number of benzene rings is 1. The first-order valence-electron chi connectivity index (χ1n) is 6.05. The van der Waals surface area contributed by atoms with Gasteiger partial charge in [-0.2, -0.15) is 0 Å². The Bertz CT molecular complexity index is 495. The van der Waals surface area contributed by atoms with Gasteiger partial charge in [-0.15, -0.1) is 0 Å². The van der Waals surface area contributed by atoms with Crippen molar-refractivity contribution in [2.45, 2.75) is 25.2 Å². The largest absolute Gasteiger partial charge is 0.384 e. The summed E-state index contributed by atoms with van der Waals surface area (Å²) in [6.45, 7) is 4.82. The molecule has 4 nitrogen and oxygen atoms in total. The number of sulfonamides is 1. The van der Waals surface area contributed by atoms with Crippen molar-refractivity contribution < 1.29 is 8.42 Å². The van der Waals surface area contributed by atoms with E-state index in [4.69, 9.17) is 0 Å². The predicted molar refractivity (Wildman–Crippen MR) is 75.2 cm³/mol. The second-order valence-electron chi connectivity index (χ2n) is 3.78. The highest BCUT2D eigenvalue weighted by Crippen LogP contribution is 2.20. The molecule has 0 heterocycles. The van der Waals surface area contributed by atoms with Gasteiger partial charge in [0.05, 0.1) is 5.69 Å². The molecule has 1 aromatic carbocycles. The SMILES string of the molecule is C/C=C/CCNc1ccccc1S(=O)(=O)NCC. The molecule has 0 aliphatic heterocycles. The van der Waals surface area contributed by atoms with Crippen molar-refractivity contribution in [3.63, 3.8) is 0 Å². The van der Waals surface area contributed by atoms with Crippen LogP contribution in [0.15, 0.2) is 41.3 Å². The highest BCUT2D eigenvalue weighted by Gasteiger charge is 2.16. The first kappa shape index (κ1) is 14.7. The maximum Gasteiger partial charge on any atom is 0.242 e. The number of hydrogen-bond acceptors (Lipinski definition) is 3. The van der Waals surface area contributed by atoms with Crippen LogP contribution in [0.2, 0.25) is 0 Å². The molecule has 0 saturated heterocycles. The Morgan fingerprint density at radius 1 is 1.28 bits per heavy atom. The molecule has 0 atom stereocenters. The molecule has 1 aromatic rings. The molecule has 2 N–H and O–H groups in total. The number of para-hydroxylation sites is 1. The third-order valence-corrected chi connectivity index (χ3v) is 3.98. The van der Waals surface area contributed by atoms with Crippen LogP contribution < -0.4 is 10.0 Å². The van der Waals surface area contributed by atoms with Gasteiger partial charge in [-0.05, 0) is 25.5 Å². The molecular formula is C13H20N2O2S. The van der Waals surface area contributed by atoms with Crippen LogP contribution in [0.3, 0.4) is 0 Å². The first-order valence-corrected chi connectivity index (χ1v) is 7.54. The van der Waals surface area contributed by atoms with Gasteiger partial charge in [-0.25, -0.2) is 13.1 Å². The monoisotopic (exact) mass is 268 g/mol. The van der Waals surface area contributed by atoms with Gasteiger partial charge >= 0.3 is 0 Å². The van der Waals surface area contributed by atoms with Crippen molar-refractivity contribution in [3.05, 3.63) is 36.4 Å². The minimum atomic E-state index is -3.41. The first-order chi connectivity index (χ1) is 8.61. The fourth-order valence-electron chi connectivity index (χ4n) is 1.57. The van der Waals surface area contributed by atoms with Crippen molar-refractivity contribution in [1.82, 2.24) is 4.72 Å². The second kappa shape index (κ2) is 7.18. The van der Waals surface area contributed by atoms with Crippen LogP contribution in [0, 0.1) is 0 Å². The fraction of sp³-hybridized carbons (Fsp3) is 0.385. The van der Waals surface area contributed by atoms with Crippen molar-refractivity contribution >= 4 is 15.7 Å². The molecule has 0 aliphatic carbocycles. The summed E-state index contributed by atoms with van der Waals surface area (Å²) in [4.78, 5) is 0.298. The van der Waals surface area contributed by atoms with Crippen LogP contribution in [-0.2, 0) is 10.0 Å². The maximum absolute atomic E-state index is 12.0. The fourth-order valence-corrected chi connectivity index (χ4v) is 2.79. The average molecular weight is 268 g/mol. The summed E-state index contributed by atoms with van der Waals surface area (Å²) >= 11 is 0. The summed E-state index contributed by atoms with van der Waals surface area (Å²) in [5, 5.41) is 3.14. The zero-order valence-corrected chi connectivity index (χ0v) is 11.6. The Balaban J connectivity index is 2.86. The Labute approximate surface area is 109 Å². The van der Waals surface area contributed by atoms with E-state index in [2.05, 4.69) is 10.0 Å². The number of anilines is 1. The number of rotatable bonds is 7. The highest BCUT2D eigenvalue weighted by atomic mass is 32.2. The molecule has 0 unspecified atom stereocenters. The molecule has 0 bridgehead atoms. The quantitative estimate of drug-likeness (QED) is 0.589. The predicted octanol–water partition coefficient (Wildman–Crippen LogP) is 2.36. The molecule has 0 aromatic heterocycles. The van der Waals surface area contributed by atoms with E-state index in [9.17, 15) is 8.42 Å². The van der Waals surface area contributed by atoms with Gasteiger partial charge in [-0.1, -0.05) is 31.2 Å². The standard InChI is InChI=1S/C13H20N2O2S/c1-3-5-8-11-14-12-9-6-7-10-13(12)18(16,17)15-4-2/h3,5-7,9-10,14-15H,4,8,11H2,1-2H3/b5-3+. The normalized spacial score (nSPS) is 11.9.